The third kappa shape index (κ3) is 1.70. The van der Waals surface area contributed by atoms with Crippen LogP contribution in [0.3, 0.4) is 0 Å². The molecule has 1 aromatic heterocycles. The molecular formula is C10H8FNO2S. The summed E-state index contributed by atoms with van der Waals surface area (Å²) in [4.78, 5) is 3.53. The normalized spacial score (nSPS) is 11.9. The predicted molar refractivity (Wildman–Crippen MR) is 54.8 cm³/mol. The third-order valence-electron chi connectivity index (χ3n) is 2.23. The lowest BCUT2D eigenvalue weighted by atomic mass is 10.1. The van der Waals surface area contributed by atoms with Crippen molar-refractivity contribution in [2.24, 2.45) is 0 Å². The van der Waals surface area contributed by atoms with Crippen LogP contribution in [0.15, 0.2) is 35.5 Å². The number of nitrogens with zero attached hydrogens (tertiary/aromatic N) is 1. The zero-order valence-corrected chi connectivity index (χ0v) is 8.75. The molecule has 0 bridgehead atoms. The van der Waals surface area contributed by atoms with E-state index >= 15 is 0 Å². The lowest BCUT2D eigenvalue weighted by molar-refractivity contribution is 0.553. The number of aromatic nitrogens is 1. The van der Waals surface area contributed by atoms with Crippen LogP contribution in [-0.2, 0) is 10.2 Å². The van der Waals surface area contributed by atoms with E-state index in [0.717, 1.165) is 5.56 Å². The molecule has 0 fully saturated rings. The quantitative estimate of drug-likeness (QED) is 0.699. The van der Waals surface area contributed by atoms with Gasteiger partial charge in [0.2, 0.25) is 0 Å². The summed E-state index contributed by atoms with van der Waals surface area (Å²) in [5.41, 5.74) is 0.818. The summed E-state index contributed by atoms with van der Waals surface area (Å²) in [5, 5.41) is 1.02. The molecule has 1 heterocycles. The lowest BCUT2D eigenvalue weighted by Gasteiger charge is -2.03. The summed E-state index contributed by atoms with van der Waals surface area (Å²) >= 11 is 0. The highest BCUT2D eigenvalue weighted by molar-refractivity contribution is 7.86. The maximum absolute atomic E-state index is 12.9. The highest BCUT2D eigenvalue weighted by Gasteiger charge is 2.15. The van der Waals surface area contributed by atoms with Crippen LogP contribution in [0.25, 0.3) is 10.8 Å². The van der Waals surface area contributed by atoms with Crippen molar-refractivity contribution in [1.82, 2.24) is 4.98 Å². The van der Waals surface area contributed by atoms with Gasteiger partial charge in [-0.05, 0) is 23.9 Å². The lowest BCUT2D eigenvalue weighted by Crippen LogP contribution is -1.94. The Morgan fingerprint density at radius 1 is 1.20 bits per heavy atom. The molecule has 3 nitrogen and oxygen atoms in total. The number of pyridine rings is 1. The molecule has 0 aliphatic heterocycles. The largest absolute Gasteiger partial charge is 0.332 e. The van der Waals surface area contributed by atoms with E-state index < -0.39 is 10.2 Å². The summed E-state index contributed by atoms with van der Waals surface area (Å²) in [5.74, 6) is 0. The summed E-state index contributed by atoms with van der Waals surface area (Å²) in [6, 6.07) is 4.49. The molecule has 0 amide bonds. The van der Waals surface area contributed by atoms with E-state index in [9.17, 15) is 12.3 Å². The number of hydrogen-bond donors (Lipinski definition) is 0. The zero-order valence-electron chi connectivity index (χ0n) is 7.94. The minimum atomic E-state index is -4.69. The van der Waals surface area contributed by atoms with Crippen molar-refractivity contribution in [2.75, 3.05) is 0 Å². The number of hydrogen-bond acceptors (Lipinski definition) is 3. The molecule has 0 atom stereocenters. The minimum absolute atomic E-state index is 0.319. The number of benzene rings is 1. The maximum Gasteiger partial charge on any atom is 0.332 e. The van der Waals surface area contributed by atoms with Gasteiger partial charge in [-0.2, -0.15) is 8.42 Å². The molecule has 0 radical (unpaired) electrons. The number of fused-ring (bicyclic) bond motifs is 1. The van der Waals surface area contributed by atoms with Crippen LogP contribution < -0.4 is 0 Å². The average Bonchev–Trinajstić information content (AvgIpc) is 2.16. The highest BCUT2D eigenvalue weighted by atomic mass is 32.3. The Labute approximate surface area is 86.8 Å². The van der Waals surface area contributed by atoms with Gasteiger partial charge in [0.25, 0.3) is 0 Å². The highest BCUT2D eigenvalue weighted by Crippen LogP contribution is 2.25. The van der Waals surface area contributed by atoms with Gasteiger partial charge in [-0.25, -0.2) is 0 Å². The van der Waals surface area contributed by atoms with Crippen molar-refractivity contribution < 1.29 is 12.3 Å². The molecular weight excluding hydrogens is 217 g/mol. The van der Waals surface area contributed by atoms with Crippen LogP contribution in [-0.4, -0.2) is 13.4 Å². The first-order valence-corrected chi connectivity index (χ1v) is 5.66. The fraction of sp³-hybridized carbons (Fsp3) is 0.100. The SMILES string of the molecule is Cc1cncc2c(S(=O)(=O)F)cccc12. The van der Waals surface area contributed by atoms with E-state index in [0.29, 0.717) is 10.8 Å². The van der Waals surface area contributed by atoms with Crippen LogP contribution in [0.2, 0.25) is 0 Å². The summed E-state index contributed by atoms with van der Waals surface area (Å²) < 4.78 is 34.7. The van der Waals surface area contributed by atoms with Gasteiger partial charge in [0.1, 0.15) is 4.90 Å². The molecule has 0 saturated carbocycles. The predicted octanol–water partition coefficient (Wildman–Crippen LogP) is 2.20. The van der Waals surface area contributed by atoms with E-state index in [1.54, 1.807) is 19.2 Å². The molecule has 0 aliphatic carbocycles. The standard InChI is InChI=1S/C10H8FNO2S/c1-7-5-12-6-9-8(7)3-2-4-10(9)15(11,13)14/h2-6H,1H3. The van der Waals surface area contributed by atoms with Crippen LogP contribution in [0, 0.1) is 6.92 Å². The number of aryl methyl sites for hydroxylation is 1. The monoisotopic (exact) mass is 225 g/mol. The van der Waals surface area contributed by atoms with E-state index in [1.807, 2.05) is 0 Å². The van der Waals surface area contributed by atoms with Crippen molar-refractivity contribution in [2.45, 2.75) is 11.8 Å². The Kier molecular flexibility index (Phi) is 2.19. The van der Waals surface area contributed by atoms with Crippen LogP contribution >= 0.6 is 0 Å². The first-order valence-electron chi connectivity index (χ1n) is 4.28. The molecule has 0 spiro atoms. The smallest absolute Gasteiger partial charge is 0.264 e. The molecule has 2 aromatic rings. The second kappa shape index (κ2) is 3.27. The molecule has 5 heteroatoms. The Bertz CT molecular complexity index is 622. The summed E-state index contributed by atoms with van der Waals surface area (Å²) in [7, 11) is -4.69. The minimum Gasteiger partial charge on any atom is -0.264 e. The Hall–Kier alpha value is -1.49. The Morgan fingerprint density at radius 2 is 1.93 bits per heavy atom. The average molecular weight is 225 g/mol. The molecule has 15 heavy (non-hydrogen) atoms. The van der Waals surface area contributed by atoms with Gasteiger partial charge in [0, 0.05) is 17.8 Å². The van der Waals surface area contributed by atoms with E-state index in [1.165, 1.54) is 18.3 Å². The molecule has 1 aromatic carbocycles. The second-order valence-corrected chi connectivity index (χ2v) is 4.56. The van der Waals surface area contributed by atoms with Crippen LogP contribution in [0.4, 0.5) is 3.89 Å². The van der Waals surface area contributed by atoms with E-state index in [4.69, 9.17) is 0 Å². The van der Waals surface area contributed by atoms with E-state index in [-0.39, 0.29) is 4.90 Å². The summed E-state index contributed by atoms with van der Waals surface area (Å²) in [6.07, 6.45) is 2.96. The molecule has 0 N–H and O–H groups in total. The molecule has 2 rings (SSSR count). The maximum atomic E-state index is 12.9. The van der Waals surface area contributed by atoms with Gasteiger partial charge in [-0.1, -0.05) is 12.1 Å². The van der Waals surface area contributed by atoms with Gasteiger partial charge in [-0.15, -0.1) is 3.89 Å². The van der Waals surface area contributed by atoms with E-state index in [2.05, 4.69) is 4.98 Å². The molecule has 0 unspecified atom stereocenters. The van der Waals surface area contributed by atoms with Crippen molar-refractivity contribution in [3.63, 3.8) is 0 Å². The van der Waals surface area contributed by atoms with Crippen LogP contribution in [0.1, 0.15) is 5.56 Å². The number of rotatable bonds is 1. The topological polar surface area (TPSA) is 47.0 Å². The van der Waals surface area contributed by atoms with Gasteiger partial charge < -0.3 is 0 Å². The van der Waals surface area contributed by atoms with Crippen molar-refractivity contribution in [1.29, 1.82) is 0 Å². The van der Waals surface area contributed by atoms with Gasteiger partial charge in [-0.3, -0.25) is 4.98 Å². The number of halogens is 1. The third-order valence-corrected chi connectivity index (χ3v) is 3.11. The zero-order chi connectivity index (χ0) is 11.1. The second-order valence-electron chi connectivity index (χ2n) is 3.25. The van der Waals surface area contributed by atoms with Crippen molar-refractivity contribution in [3.8, 4) is 0 Å². The van der Waals surface area contributed by atoms with Crippen LogP contribution in [0.5, 0.6) is 0 Å². The summed E-state index contributed by atoms with van der Waals surface area (Å²) in [6.45, 7) is 1.80. The molecule has 0 saturated heterocycles. The molecule has 0 aliphatic rings. The Morgan fingerprint density at radius 3 is 2.60 bits per heavy atom. The van der Waals surface area contributed by atoms with Crippen molar-refractivity contribution in [3.05, 3.63) is 36.2 Å². The van der Waals surface area contributed by atoms with Gasteiger partial charge in [0.05, 0.1) is 0 Å². The van der Waals surface area contributed by atoms with Gasteiger partial charge in [0.15, 0.2) is 0 Å². The van der Waals surface area contributed by atoms with Gasteiger partial charge >= 0.3 is 10.2 Å². The fourth-order valence-electron chi connectivity index (χ4n) is 1.53. The first kappa shape index (κ1) is 10.0. The first-order chi connectivity index (χ1) is 7.00. The fourth-order valence-corrected chi connectivity index (χ4v) is 2.19. The Balaban J connectivity index is 2.96. The molecule has 78 valence electrons. The van der Waals surface area contributed by atoms with Crippen molar-refractivity contribution >= 4 is 21.0 Å².